The SMILES string of the molecule is CCN1CCC(O)(c2ccc3c(c2)CCC3)CC1. The third kappa shape index (κ3) is 2.08. The number of fused-ring (bicyclic) bond motifs is 1. The fraction of sp³-hybridized carbons (Fsp3) is 0.625. The van der Waals surface area contributed by atoms with E-state index in [0.717, 1.165) is 38.0 Å². The zero-order chi connectivity index (χ0) is 12.6. The summed E-state index contributed by atoms with van der Waals surface area (Å²) >= 11 is 0. The summed E-state index contributed by atoms with van der Waals surface area (Å²) in [6.07, 6.45) is 5.44. The van der Waals surface area contributed by atoms with Crippen molar-refractivity contribution < 1.29 is 5.11 Å². The number of piperidine rings is 1. The van der Waals surface area contributed by atoms with Crippen molar-refractivity contribution in [2.45, 2.75) is 44.6 Å². The van der Waals surface area contributed by atoms with Gasteiger partial charge in [0.1, 0.15) is 0 Å². The van der Waals surface area contributed by atoms with Gasteiger partial charge in [-0.1, -0.05) is 25.1 Å². The number of hydrogen-bond acceptors (Lipinski definition) is 2. The predicted molar refractivity (Wildman–Crippen MR) is 73.7 cm³/mol. The molecule has 0 bridgehead atoms. The highest BCUT2D eigenvalue weighted by atomic mass is 16.3. The summed E-state index contributed by atoms with van der Waals surface area (Å²) in [5.74, 6) is 0. The molecular weight excluding hydrogens is 222 g/mol. The average molecular weight is 245 g/mol. The Morgan fingerprint density at radius 3 is 2.61 bits per heavy atom. The van der Waals surface area contributed by atoms with E-state index in [4.69, 9.17) is 0 Å². The molecule has 18 heavy (non-hydrogen) atoms. The van der Waals surface area contributed by atoms with Crippen molar-refractivity contribution in [2.24, 2.45) is 0 Å². The number of rotatable bonds is 2. The molecule has 1 aromatic carbocycles. The molecule has 0 atom stereocenters. The van der Waals surface area contributed by atoms with Crippen LogP contribution < -0.4 is 0 Å². The molecule has 1 aliphatic heterocycles. The lowest BCUT2D eigenvalue weighted by molar-refractivity contribution is -0.0247. The molecule has 0 unspecified atom stereocenters. The van der Waals surface area contributed by atoms with Gasteiger partial charge < -0.3 is 10.0 Å². The minimum absolute atomic E-state index is 0.580. The monoisotopic (exact) mass is 245 g/mol. The summed E-state index contributed by atoms with van der Waals surface area (Å²) in [7, 11) is 0. The van der Waals surface area contributed by atoms with E-state index in [9.17, 15) is 5.11 Å². The first-order valence-electron chi connectivity index (χ1n) is 7.28. The molecule has 3 rings (SSSR count). The van der Waals surface area contributed by atoms with Gasteiger partial charge in [-0.3, -0.25) is 0 Å². The fourth-order valence-electron chi connectivity index (χ4n) is 3.39. The van der Waals surface area contributed by atoms with Gasteiger partial charge >= 0.3 is 0 Å². The number of likely N-dealkylation sites (tertiary alicyclic amines) is 1. The molecule has 1 N–H and O–H groups in total. The highest BCUT2D eigenvalue weighted by Gasteiger charge is 2.34. The summed E-state index contributed by atoms with van der Waals surface area (Å²) in [6.45, 7) is 5.33. The van der Waals surface area contributed by atoms with E-state index in [0.29, 0.717) is 0 Å². The Balaban J connectivity index is 1.82. The van der Waals surface area contributed by atoms with E-state index in [1.165, 1.54) is 30.4 Å². The first-order valence-corrected chi connectivity index (χ1v) is 7.28. The molecule has 1 fully saturated rings. The van der Waals surface area contributed by atoms with Crippen LogP contribution in [0.15, 0.2) is 18.2 Å². The molecule has 0 aromatic heterocycles. The zero-order valence-corrected chi connectivity index (χ0v) is 11.3. The summed E-state index contributed by atoms with van der Waals surface area (Å²) in [4.78, 5) is 2.42. The molecule has 1 aromatic rings. The van der Waals surface area contributed by atoms with Crippen LogP contribution >= 0.6 is 0 Å². The van der Waals surface area contributed by atoms with Crippen LogP contribution in [0.1, 0.15) is 42.9 Å². The highest BCUT2D eigenvalue weighted by Crippen LogP contribution is 2.35. The largest absolute Gasteiger partial charge is 0.385 e. The molecule has 1 heterocycles. The lowest BCUT2D eigenvalue weighted by Crippen LogP contribution is -2.42. The van der Waals surface area contributed by atoms with E-state index in [1.54, 1.807) is 0 Å². The molecule has 98 valence electrons. The highest BCUT2D eigenvalue weighted by molar-refractivity contribution is 5.37. The summed E-state index contributed by atoms with van der Waals surface area (Å²) < 4.78 is 0. The molecule has 0 spiro atoms. The van der Waals surface area contributed by atoms with Gasteiger partial charge in [0.25, 0.3) is 0 Å². The minimum atomic E-state index is -0.580. The first-order chi connectivity index (χ1) is 8.71. The van der Waals surface area contributed by atoms with Crippen molar-refractivity contribution >= 4 is 0 Å². The number of benzene rings is 1. The van der Waals surface area contributed by atoms with Gasteiger partial charge in [-0.25, -0.2) is 0 Å². The smallest absolute Gasteiger partial charge is 0.0921 e. The van der Waals surface area contributed by atoms with Gasteiger partial charge in [-0.15, -0.1) is 0 Å². The van der Waals surface area contributed by atoms with Crippen LogP contribution in [0.3, 0.4) is 0 Å². The Bertz CT molecular complexity index is 433. The van der Waals surface area contributed by atoms with Crippen LogP contribution in [-0.4, -0.2) is 29.6 Å². The minimum Gasteiger partial charge on any atom is -0.385 e. The van der Waals surface area contributed by atoms with Gasteiger partial charge in [-0.2, -0.15) is 0 Å². The second-order valence-electron chi connectivity index (χ2n) is 5.80. The second kappa shape index (κ2) is 4.67. The van der Waals surface area contributed by atoms with Crippen LogP contribution in [-0.2, 0) is 18.4 Å². The third-order valence-electron chi connectivity index (χ3n) is 4.77. The van der Waals surface area contributed by atoms with Gasteiger partial charge in [0.2, 0.25) is 0 Å². The van der Waals surface area contributed by atoms with Crippen LogP contribution in [0.5, 0.6) is 0 Å². The molecule has 0 saturated carbocycles. The van der Waals surface area contributed by atoms with Crippen LogP contribution in [0.25, 0.3) is 0 Å². The Labute approximate surface area is 110 Å². The lowest BCUT2D eigenvalue weighted by Gasteiger charge is -2.38. The van der Waals surface area contributed by atoms with Crippen LogP contribution in [0.4, 0.5) is 0 Å². The molecule has 2 nitrogen and oxygen atoms in total. The number of hydrogen-bond donors (Lipinski definition) is 1. The topological polar surface area (TPSA) is 23.5 Å². The molecule has 2 heteroatoms. The van der Waals surface area contributed by atoms with Crippen molar-refractivity contribution in [1.29, 1.82) is 0 Å². The maximum atomic E-state index is 10.9. The van der Waals surface area contributed by atoms with Crippen molar-refractivity contribution in [3.8, 4) is 0 Å². The van der Waals surface area contributed by atoms with Crippen molar-refractivity contribution in [3.63, 3.8) is 0 Å². The lowest BCUT2D eigenvalue weighted by atomic mass is 9.83. The van der Waals surface area contributed by atoms with Gasteiger partial charge in [0, 0.05) is 13.1 Å². The van der Waals surface area contributed by atoms with E-state index in [2.05, 4.69) is 30.0 Å². The Morgan fingerprint density at radius 2 is 1.89 bits per heavy atom. The first kappa shape index (κ1) is 12.2. The van der Waals surface area contributed by atoms with Crippen molar-refractivity contribution in [3.05, 3.63) is 34.9 Å². The quantitative estimate of drug-likeness (QED) is 0.865. The fourth-order valence-corrected chi connectivity index (χ4v) is 3.39. The Hall–Kier alpha value is -0.860. The van der Waals surface area contributed by atoms with E-state index in [-0.39, 0.29) is 0 Å². The standard InChI is InChI=1S/C16H23NO/c1-2-17-10-8-16(18,9-11-17)15-7-6-13-4-3-5-14(13)12-15/h6-7,12,18H,2-5,8-11H2,1H3. The molecule has 1 aliphatic carbocycles. The molecule has 2 aliphatic rings. The Morgan fingerprint density at radius 1 is 1.17 bits per heavy atom. The van der Waals surface area contributed by atoms with Crippen molar-refractivity contribution in [2.75, 3.05) is 19.6 Å². The normalized spacial score (nSPS) is 23.0. The van der Waals surface area contributed by atoms with E-state index >= 15 is 0 Å². The van der Waals surface area contributed by atoms with Crippen LogP contribution in [0.2, 0.25) is 0 Å². The predicted octanol–water partition coefficient (Wildman–Crippen LogP) is 2.48. The van der Waals surface area contributed by atoms with Gasteiger partial charge in [-0.05, 0) is 55.3 Å². The number of aryl methyl sites for hydroxylation is 2. The summed E-state index contributed by atoms with van der Waals surface area (Å²) in [6, 6.07) is 6.66. The third-order valence-corrected chi connectivity index (χ3v) is 4.77. The number of aliphatic hydroxyl groups is 1. The maximum absolute atomic E-state index is 10.9. The maximum Gasteiger partial charge on any atom is 0.0921 e. The van der Waals surface area contributed by atoms with E-state index in [1.807, 2.05) is 0 Å². The summed E-state index contributed by atoms with van der Waals surface area (Å²) in [5, 5.41) is 10.9. The second-order valence-corrected chi connectivity index (χ2v) is 5.80. The van der Waals surface area contributed by atoms with Crippen molar-refractivity contribution in [1.82, 2.24) is 4.90 Å². The summed E-state index contributed by atoms with van der Waals surface area (Å²) in [5.41, 5.74) is 3.54. The van der Waals surface area contributed by atoms with Crippen LogP contribution in [0, 0.1) is 0 Å². The molecule has 0 radical (unpaired) electrons. The molecular formula is C16H23NO. The van der Waals surface area contributed by atoms with Gasteiger partial charge in [0.15, 0.2) is 0 Å². The zero-order valence-electron chi connectivity index (χ0n) is 11.3. The molecule has 0 amide bonds. The average Bonchev–Trinajstić information content (AvgIpc) is 2.87. The van der Waals surface area contributed by atoms with Gasteiger partial charge in [0.05, 0.1) is 5.60 Å². The number of nitrogens with zero attached hydrogens (tertiary/aromatic N) is 1. The molecule has 1 saturated heterocycles. The van der Waals surface area contributed by atoms with E-state index < -0.39 is 5.60 Å². The Kier molecular flexibility index (Phi) is 3.16.